The highest BCUT2D eigenvalue weighted by Gasteiger charge is 2.30. The normalized spacial score (nSPS) is 20.0. The second kappa shape index (κ2) is 8.61. The summed E-state index contributed by atoms with van der Waals surface area (Å²) in [6.45, 7) is 5.71. The molecule has 1 aliphatic heterocycles. The number of urea groups is 1. The zero-order valence-electron chi connectivity index (χ0n) is 16.4. The van der Waals surface area contributed by atoms with E-state index in [9.17, 15) is 13.2 Å². The average Bonchev–Trinajstić information content (AvgIpc) is 2.69. The molecule has 0 unspecified atom stereocenters. The Morgan fingerprint density at radius 2 is 1.59 bits per heavy atom. The number of hydrogen-bond donors (Lipinski definition) is 1. The Hall–Kier alpha value is -1.60. The lowest BCUT2D eigenvalue weighted by Crippen LogP contribution is -2.54. The van der Waals surface area contributed by atoms with Crippen LogP contribution in [-0.2, 0) is 10.0 Å². The number of nitrogens with zero attached hydrogens (tertiary/aromatic N) is 2. The molecule has 0 spiro atoms. The highest BCUT2D eigenvalue weighted by molar-refractivity contribution is 7.89. The van der Waals surface area contributed by atoms with Crippen LogP contribution in [0.1, 0.15) is 57.4 Å². The van der Waals surface area contributed by atoms with E-state index >= 15 is 0 Å². The zero-order valence-corrected chi connectivity index (χ0v) is 17.2. The number of amides is 2. The first-order valence-electron chi connectivity index (χ1n) is 10.0. The van der Waals surface area contributed by atoms with Crippen LogP contribution in [0.2, 0.25) is 0 Å². The third-order valence-corrected chi connectivity index (χ3v) is 7.56. The third-order valence-electron chi connectivity index (χ3n) is 5.64. The summed E-state index contributed by atoms with van der Waals surface area (Å²) in [6, 6.07) is 7.35. The molecule has 1 saturated carbocycles. The minimum Gasteiger partial charge on any atom is -0.335 e. The summed E-state index contributed by atoms with van der Waals surface area (Å²) >= 11 is 0. The van der Waals surface area contributed by atoms with Crippen molar-refractivity contribution in [3.63, 3.8) is 0 Å². The largest absolute Gasteiger partial charge is 0.335 e. The molecule has 1 saturated heterocycles. The molecule has 0 aromatic heterocycles. The number of carbonyl (C=O) groups excluding carboxylic acids is 1. The van der Waals surface area contributed by atoms with Gasteiger partial charge in [0.2, 0.25) is 10.0 Å². The molecule has 27 heavy (non-hydrogen) atoms. The van der Waals surface area contributed by atoms with Gasteiger partial charge in [0.15, 0.2) is 0 Å². The lowest BCUT2D eigenvalue weighted by molar-refractivity contribution is 0.166. The van der Waals surface area contributed by atoms with Gasteiger partial charge in [0.05, 0.1) is 4.90 Å². The molecular formula is C20H31N3O3S. The van der Waals surface area contributed by atoms with Crippen molar-refractivity contribution < 1.29 is 13.2 Å². The Morgan fingerprint density at radius 1 is 1.00 bits per heavy atom. The van der Waals surface area contributed by atoms with E-state index in [1.807, 2.05) is 12.1 Å². The maximum absolute atomic E-state index is 12.9. The second-order valence-corrected chi connectivity index (χ2v) is 9.84. The summed E-state index contributed by atoms with van der Waals surface area (Å²) in [4.78, 5) is 14.5. The number of rotatable bonds is 4. The van der Waals surface area contributed by atoms with E-state index in [1.54, 1.807) is 17.0 Å². The fourth-order valence-electron chi connectivity index (χ4n) is 3.82. The fourth-order valence-corrected chi connectivity index (χ4v) is 5.24. The fraction of sp³-hybridized carbons (Fsp3) is 0.650. The van der Waals surface area contributed by atoms with Crippen molar-refractivity contribution in [3.05, 3.63) is 29.8 Å². The number of piperazine rings is 1. The van der Waals surface area contributed by atoms with Crippen LogP contribution in [0.4, 0.5) is 4.79 Å². The van der Waals surface area contributed by atoms with Crippen molar-refractivity contribution in [2.24, 2.45) is 0 Å². The van der Waals surface area contributed by atoms with Gasteiger partial charge >= 0.3 is 6.03 Å². The summed E-state index contributed by atoms with van der Waals surface area (Å²) in [5.41, 5.74) is 1.12. The molecule has 1 aromatic rings. The highest BCUT2D eigenvalue weighted by Crippen LogP contribution is 2.22. The average molecular weight is 394 g/mol. The van der Waals surface area contributed by atoms with Crippen LogP contribution in [0.3, 0.4) is 0 Å². The maximum Gasteiger partial charge on any atom is 0.317 e. The number of carbonyl (C=O) groups is 1. The molecule has 0 bridgehead atoms. The highest BCUT2D eigenvalue weighted by atomic mass is 32.2. The van der Waals surface area contributed by atoms with Gasteiger partial charge < -0.3 is 10.2 Å². The Labute approximate surface area is 163 Å². The predicted octanol–water partition coefficient (Wildman–Crippen LogP) is 3.16. The summed E-state index contributed by atoms with van der Waals surface area (Å²) in [7, 11) is -3.51. The summed E-state index contributed by atoms with van der Waals surface area (Å²) in [5, 5.41) is 3.11. The Kier molecular flexibility index (Phi) is 6.42. The quantitative estimate of drug-likeness (QED) is 0.854. The molecule has 1 N–H and O–H groups in total. The molecule has 6 nitrogen and oxygen atoms in total. The lowest BCUT2D eigenvalue weighted by atomic mass is 9.96. The summed E-state index contributed by atoms with van der Waals surface area (Å²) < 4.78 is 27.2. The SMILES string of the molecule is CC(C)c1ccc(S(=O)(=O)N2CCN(C(=O)NC3CCCCC3)CC2)cc1. The van der Waals surface area contributed by atoms with E-state index in [1.165, 1.54) is 23.6 Å². The standard InChI is InChI=1S/C20H31N3O3S/c1-16(2)17-8-10-19(11-9-17)27(25,26)23-14-12-22(13-15-23)20(24)21-18-6-4-3-5-7-18/h8-11,16,18H,3-7,12-15H2,1-2H3,(H,21,24). The second-order valence-electron chi connectivity index (χ2n) is 7.90. The van der Waals surface area contributed by atoms with Crippen molar-refractivity contribution in [2.75, 3.05) is 26.2 Å². The van der Waals surface area contributed by atoms with Gasteiger partial charge in [0, 0.05) is 32.2 Å². The van der Waals surface area contributed by atoms with Crippen molar-refractivity contribution in [1.82, 2.24) is 14.5 Å². The zero-order chi connectivity index (χ0) is 19.4. The number of sulfonamides is 1. The van der Waals surface area contributed by atoms with Gasteiger partial charge in [-0.25, -0.2) is 13.2 Å². The van der Waals surface area contributed by atoms with Crippen LogP contribution >= 0.6 is 0 Å². The van der Waals surface area contributed by atoms with Gasteiger partial charge in [0.25, 0.3) is 0 Å². The molecule has 0 atom stereocenters. The van der Waals surface area contributed by atoms with Crippen LogP contribution in [0.25, 0.3) is 0 Å². The molecule has 1 aliphatic carbocycles. The van der Waals surface area contributed by atoms with Crippen LogP contribution in [-0.4, -0.2) is 55.9 Å². The number of benzene rings is 1. The molecule has 7 heteroatoms. The minimum atomic E-state index is -3.51. The molecule has 2 amide bonds. The van der Waals surface area contributed by atoms with Crippen molar-refractivity contribution >= 4 is 16.1 Å². The topological polar surface area (TPSA) is 69.7 Å². The molecule has 3 rings (SSSR count). The molecule has 1 aromatic carbocycles. The van der Waals surface area contributed by atoms with Gasteiger partial charge in [-0.05, 0) is 36.5 Å². The van der Waals surface area contributed by atoms with E-state index in [0.29, 0.717) is 37.0 Å². The maximum atomic E-state index is 12.9. The third kappa shape index (κ3) is 4.82. The van der Waals surface area contributed by atoms with Gasteiger partial charge in [0.1, 0.15) is 0 Å². The first-order valence-corrected chi connectivity index (χ1v) is 11.5. The Bertz CT molecular complexity index is 732. The molecule has 1 heterocycles. The first-order chi connectivity index (χ1) is 12.9. The van der Waals surface area contributed by atoms with Crippen LogP contribution in [0.15, 0.2) is 29.2 Å². The van der Waals surface area contributed by atoms with E-state index in [0.717, 1.165) is 18.4 Å². The van der Waals surface area contributed by atoms with Gasteiger partial charge in [-0.2, -0.15) is 4.31 Å². The monoisotopic (exact) mass is 393 g/mol. The van der Waals surface area contributed by atoms with E-state index in [2.05, 4.69) is 19.2 Å². The predicted molar refractivity (Wildman–Crippen MR) is 106 cm³/mol. The number of hydrogen-bond acceptors (Lipinski definition) is 3. The molecular weight excluding hydrogens is 362 g/mol. The van der Waals surface area contributed by atoms with E-state index < -0.39 is 10.0 Å². The van der Waals surface area contributed by atoms with Crippen LogP contribution < -0.4 is 5.32 Å². The molecule has 2 aliphatic rings. The lowest BCUT2D eigenvalue weighted by Gasteiger charge is -2.35. The van der Waals surface area contributed by atoms with Crippen LogP contribution in [0.5, 0.6) is 0 Å². The van der Waals surface area contributed by atoms with Crippen molar-refractivity contribution in [3.8, 4) is 0 Å². The molecule has 0 radical (unpaired) electrons. The van der Waals surface area contributed by atoms with Gasteiger partial charge in [-0.3, -0.25) is 0 Å². The van der Waals surface area contributed by atoms with Gasteiger partial charge in [-0.1, -0.05) is 45.2 Å². The smallest absolute Gasteiger partial charge is 0.317 e. The molecule has 2 fully saturated rings. The van der Waals surface area contributed by atoms with E-state index in [-0.39, 0.29) is 12.1 Å². The minimum absolute atomic E-state index is 0.0553. The van der Waals surface area contributed by atoms with E-state index in [4.69, 9.17) is 0 Å². The van der Waals surface area contributed by atoms with Crippen LogP contribution in [0, 0.1) is 0 Å². The first kappa shape index (κ1) is 20.1. The Balaban J connectivity index is 1.56. The molecule has 150 valence electrons. The number of nitrogens with one attached hydrogen (secondary N) is 1. The summed E-state index contributed by atoms with van der Waals surface area (Å²) in [5.74, 6) is 0.368. The van der Waals surface area contributed by atoms with Crippen molar-refractivity contribution in [1.29, 1.82) is 0 Å². The summed E-state index contributed by atoms with van der Waals surface area (Å²) in [6.07, 6.45) is 5.69. The Morgan fingerprint density at radius 3 is 2.15 bits per heavy atom. The van der Waals surface area contributed by atoms with Crippen molar-refractivity contribution in [2.45, 2.75) is 62.8 Å². The van der Waals surface area contributed by atoms with Gasteiger partial charge in [-0.15, -0.1) is 0 Å².